The molecule has 0 aromatic heterocycles. The van der Waals surface area contributed by atoms with Crippen LogP contribution in [0.4, 0.5) is 4.39 Å². The second-order valence-corrected chi connectivity index (χ2v) is 4.99. The first kappa shape index (κ1) is 13.6. The standard InChI is InChI=1S/C17H10ClFO2/c18-13-5-1-11(2-6-13)9-15-10-16(17(20)21-15)12-3-7-14(19)8-4-12/h1-10H/b15-9-. The minimum Gasteiger partial charge on any atom is -0.423 e. The molecule has 0 atom stereocenters. The maximum absolute atomic E-state index is 12.9. The minimum atomic E-state index is -0.443. The van der Waals surface area contributed by atoms with E-state index in [1.165, 1.54) is 12.1 Å². The Kier molecular flexibility index (Phi) is 3.59. The molecule has 1 aliphatic heterocycles. The van der Waals surface area contributed by atoms with Crippen LogP contribution in [0.25, 0.3) is 11.6 Å². The third kappa shape index (κ3) is 3.03. The molecule has 2 nitrogen and oxygen atoms in total. The third-order valence-corrected chi connectivity index (χ3v) is 3.30. The van der Waals surface area contributed by atoms with Gasteiger partial charge in [0, 0.05) is 5.02 Å². The molecule has 1 aliphatic rings. The van der Waals surface area contributed by atoms with Crippen LogP contribution in [0.1, 0.15) is 11.1 Å². The molecule has 104 valence electrons. The average molecular weight is 301 g/mol. The zero-order valence-corrected chi connectivity index (χ0v) is 11.6. The Morgan fingerprint density at radius 2 is 1.67 bits per heavy atom. The van der Waals surface area contributed by atoms with E-state index in [4.69, 9.17) is 16.3 Å². The number of carbonyl (C=O) groups is 1. The normalized spacial score (nSPS) is 16.0. The van der Waals surface area contributed by atoms with Gasteiger partial charge < -0.3 is 4.74 Å². The van der Waals surface area contributed by atoms with Gasteiger partial charge in [0.15, 0.2) is 0 Å². The quantitative estimate of drug-likeness (QED) is 0.765. The van der Waals surface area contributed by atoms with Crippen LogP contribution in [0.15, 0.2) is 60.4 Å². The lowest BCUT2D eigenvalue weighted by molar-refractivity contribution is -0.131. The van der Waals surface area contributed by atoms with E-state index >= 15 is 0 Å². The summed E-state index contributed by atoms with van der Waals surface area (Å²) in [5.41, 5.74) is 1.91. The van der Waals surface area contributed by atoms with Gasteiger partial charge in [-0.15, -0.1) is 0 Å². The molecule has 0 saturated heterocycles. The van der Waals surface area contributed by atoms with Crippen molar-refractivity contribution in [2.75, 3.05) is 0 Å². The number of halogens is 2. The van der Waals surface area contributed by atoms with Gasteiger partial charge >= 0.3 is 5.97 Å². The smallest absolute Gasteiger partial charge is 0.344 e. The summed E-state index contributed by atoms with van der Waals surface area (Å²) in [7, 11) is 0. The molecule has 0 radical (unpaired) electrons. The third-order valence-electron chi connectivity index (χ3n) is 3.05. The van der Waals surface area contributed by atoms with Crippen LogP contribution < -0.4 is 0 Å². The van der Waals surface area contributed by atoms with E-state index in [9.17, 15) is 9.18 Å². The molecule has 21 heavy (non-hydrogen) atoms. The van der Waals surface area contributed by atoms with Crippen LogP contribution in [0.3, 0.4) is 0 Å². The van der Waals surface area contributed by atoms with Crippen LogP contribution >= 0.6 is 11.6 Å². The Morgan fingerprint density at radius 3 is 2.33 bits per heavy atom. The number of rotatable bonds is 2. The highest BCUT2D eigenvalue weighted by molar-refractivity contribution is 6.30. The van der Waals surface area contributed by atoms with E-state index in [-0.39, 0.29) is 5.82 Å². The van der Waals surface area contributed by atoms with Crippen molar-refractivity contribution in [2.45, 2.75) is 0 Å². The van der Waals surface area contributed by atoms with E-state index in [0.717, 1.165) is 5.56 Å². The second-order valence-electron chi connectivity index (χ2n) is 4.55. The van der Waals surface area contributed by atoms with Gasteiger partial charge in [-0.2, -0.15) is 0 Å². The number of hydrogen-bond acceptors (Lipinski definition) is 2. The Hall–Kier alpha value is -2.39. The van der Waals surface area contributed by atoms with Crippen LogP contribution in [-0.4, -0.2) is 5.97 Å². The predicted molar refractivity (Wildman–Crippen MR) is 79.9 cm³/mol. The van der Waals surface area contributed by atoms with Crippen molar-refractivity contribution < 1.29 is 13.9 Å². The Morgan fingerprint density at radius 1 is 1.00 bits per heavy atom. The first-order valence-electron chi connectivity index (χ1n) is 6.29. The highest BCUT2D eigenvalue weighted by Crippen LogP contribution is 2.27. The van der Waals surface area contributed by atoms with Gasteiger partial charge in [-0.1, -0.05) is 35.9 Å². The molecule has 2 aromatic carbocycles. The molecular formula is C17H10ClFO2. The maximum Gasteiger partial charge on any atom is 0.344 e. The number of ether oxygens (including phenoxy) is 1. The molecule has 0 spiro atoms. The summed E-state index contributed by atoms with van der Waals surface area (Å²) >= 11 is 5.82. The zero-order valence-electron chi connectivity index (χ0n) is 10.8. The van der Waals surface area contributed by atoms with Gasteiger partial charge in [0.05, 0.1) is 5.57 Å². The molecule has 0 unspecified atom stereocenters. The van der Waals surface area contributed by atoms with Gasteiger partial charge in [-0.25, -0.2) is 9.18 Å². The first-order chi connectivity index (χ1) is 10.1. The largest absolute Gasteiger partial charge is 0.423 e. The number of esters is 1. The van der Waals surface area contributed by atoms with E-state index in [0.29, 0.717) is 21.9 Å². The fourth-order valence-corrected chi connectivity index (χ4v) is 2.14. The molecule has 1 heterocycles. The summed E-state index contributed by atoms with van der Waals surface area (Å²) in [6.45, 7) is 0. The first-order valence-corrected chi connectivity index (χ1v) is 6.67. The topological polar surface area (TPSA) is 26.3 Å². The van der Waals surface area contributed by atoms with Crippen LogP contribution in [-0.2, 0) is 9.53 Å². The van der Waals surface area contributed by atoms with Crippen molar-refractivity contribution in [3.8, 4) is 0 Å². The summed E-state index contributed by atoms with van der Waals surface area (Å²) in [6.07, 6.45) is 3.38. The molecule has 0 fully saturated rings. The van der Waals surface area contributed by atoms with Crippen LogP contribution in [0, 0.1) is 5.82 Å². The number of hydrogen-bond donors (Lipinski definition) is 0. The van der Waals surface area contributed by atoms with Crippen LogP contribution in [0.5, 0.6) is 0 Å². The van der Waals surface area contributed by atoms with Crippen molar-refractivity contribution in [2.24, 2.45) is 0 Å². The summed E-state index contributed by atoms with van der Waals surface area (Å²) in [5, 5.41) is 0.642. The Labute approximate surface area is 126 Å². The van der Waals surface area contributed by atoms with Crippen molar-refractivity contribution in [3.63, 3.8) is 0 Å². The van der Waals surface area contributed by atoms with Gasteiger partial charge in [0.2, 0.25) is 0 Å². The number of benzene rings is 2. The molecule has 2 aromatic rings. The van der Waals surface area contributed by atoms with E-state index in [1.54, 1.807) is 36.4 Å². The molecule has 0 saturated carbocycles. The SMILES string of the molecule is O=C1O/C(=C\c2ccc(Cl)cc2)C=C1c1ccc(F)cc1. The fourth-order valence-electron chi connectivity index (χ4n) is 2.02. The fraction of sp³-hybridized carbons (Fsp3) is 0. The van der Waals surface area contributed by atoms with Gasteiger partial charge in [-0.05, 0) is 47.5 Å². The zero-order chi connectivity index (χ0) is 14.8. The van der Waals surface area contributed by atoms with Crippen molar-refractivity contribution >= 4 is 29.2 Å². The molecule has 0 aliphatic carbocycles. The van der Waals surface area contributed by atoms with E-state index in [1.807, 2.05) is 12.1 Å². The summed E-state index contributed by atoms with van der Waals surface area (Å²) < 4.78 is 18.1. The Balaban J connectivity index is 1.91. The minimum absolute atomic E-state index is 0.345. The second kappa shape index (κ2) is 5.54. The lowest BCUT2D eigenvalue weighted by atomic mass is 10.1. The highest BCUT2D eigenvalue weighted by atomic mass is 35.5. The summed E-state index contributed by atoms with van der Waals surface area (Å²) in [6, 6.07) is 12.9. The maximum atomic E-state index is 12.9. The Bertz CT molecular complexity index is 743. The molecule has 4 heteroatoms. The van der Waals surface area contributed by atoms with Gasteiger partial charge in [-0.3, -0.25) is 0 Å². The molecule has 0 bridgehead atoms. The summed E-state index contributed by atoms with van der Waals surface area (Å²) in [4.78, 5) is 11.9. The van der Waals surface area contributed by atoms with Crippen LogP contribution in [0.2, 0.25) is 5.02 Å². The summed E-state index contributed by atoms with van der Waals surface area (Å²) in [5.74, 6) is -0.342. The van der Waals surface area contributed by atoms with Gasteiger partial charge in [0.25, 0.3) is 0 Å². The lowest BCUT2D eigenvalue weighted by Crippen LogP contribution is -1.98. The predicted octanol–water partition coefficient (Wildman–Crippen LogP) is 4.46. The molecule has 0 N–H and O–H groups in total. The van der Waals surface area contributed by atoms with Gasteiger partial charge in [0.1, 0.15) is 11.6 Å². The molecule has 3 rings (SSSR count). The van der Waals surface area contributed by atoms with Crippen molar-refractivity contribution in [1.82, 2.24) is 0 Å². The highest BCUT2D eigenvalue weighted by Gasteiger charge is 2.22. The number of allylic oxidation sites excluding steroid dienone is 1. The number of cyclic esters (lactones) is 1. The van der Waals surface area contributed by atoms with E-state index < -0.39 is 5.97 Å². The lowest BCUT2D eigenvalue weighted by Gasteiger charge is -1.99. The molecule has 0 amide bonds. The van der Waals surface area contributed by atoms with Crippen molar-refractivity contribution in [1.29, 1.82) is 0 Å². The average Bonchev–Trinajstić information content (AvgIpc) is 2.83. The van der Waals surface area contributed by atoms with Crippen molar-refractivity contribution in [3.05, 3.63) is 82.3 Å². The monoisotopic (exact) mass is 300 g/mol. The molecular weight excluding hydrogens is 291 g/mol. The van der Waals surface area contributed by atoms with E-state index in [2.05, 4.69) is 0 Å². The number of carbonyl (C=O) groups excluding carboxylic acids is 1.